The number of carboxylic acids is 1. The highest BCUT2D eigenvalue weighted by Crippen LogP contribution is 2.68. The van der Waals surface area contributed by atoms with Crippen LogP contribution in [0, 0.1) is 46.3 Å². The molecule has 10 atom stereocenters. The molecule has 0 saturated heterocycles. The number of aliphatic hydroxyl groups is 2. The first-order valence-electron chi connectivity index (χ1n) is 15.1. The fourth-order valence-electron chi connectivity index (χ4n) is 6.96. The third-order valence-corrected chi connectivity index (χ3v) is 8.56. The Kier molecular flexibility index (Phi) is 3.19. The summed E-state index contributed by atoms with van der Waals surface area (Å²) in [7, 11) is 0. The summed E-state index contributed by atoms with van der Waals surface area (Å²) >= 11 is 0. The highest BCUT2D eigenvalue weighted by molar-refractivity contribution is 5.66. The topological polar surface area (TPSA) is 77.8 Å². The first-order valence-corrected chi connectivity index (χ1v) is 10.6. The van der Waals surface area contributed by atoms with Gasteiger partial charge >= 0.3 is 5.97 Å². The third kappa shape index (κ3) is 3.14. The van der Waals surface area contributed by atoms with Crippen molar-refractivity contribution in [3.63, 3.8) is 0 Å². The van der Waals surface area contributed by atoms with Crippen molar-refractivity contribution in [2.45, 2.75) is 97.0 Å². The lowest BCUT2D eigenvalue weighted by molar-refractivity contribution is -0.174. The van der Waals surface area contributed by atoms with Crippen molar-refractivity contribution in [3.8, 4) is 0 Å². The van der Waals surface area contributed by atoms with Gasteiger partial charge in [-0.25, -0.2) is 0 Å². The zero-order chi connectivity index (χ0) is 28.4. The Balaban J connectivity index is 1.86. The highest BCUT2D eigenvalue weighted by atomic mass is 16.4. The molecule has 0 radical (unpaired) electrons. The van der Waals surface area contributed by atoms with Gasteiger partial charge < -0.3 is 15.3 Å². The van der Waals surface area contributed by atoms with Crippen LogP contribution in [0.1, 0.15) is 97.2 Å². The average molecular weight is 402 g/mol. The molecule has 28 heavy (non-hydrogen) atoms. The number of carbonyl (C=O) groups is 1. The SMILES string of the molecule is [2H]C1([2H])C[C@@]2(C)C(C([2H])([2H])[C@]1([2H])O)C([2H])([2H])[C@@]([2H])(O)C1([2H])C2CC[C@@]2(C)C1CC[C@@H]2[C@H](C)CCC(=O)O. The van der Waals surface area contributed by atoms with Gasteiger partial charge in [0.05, 0.1) is 14.9 Å². The van der Waals surface area contributed by atoms with Gasteiger partial charge in [-0.2, -0.15) is 0 Å². The van der Waals surface area contributed by atoms with Crippen LogP contribution in [0.25, 0.3) is 0 Å². The van der Waals surface area contributed by atoms with Crippen LogP contribution in [0.2, 0.25) is 0 Å². The zero-order valence-electron chi connectivity index (χ0n) is 26.1. The summed E-state index contributed by atoms with van der Waals surface area (Å²) in [6, 6.07) is 0. The maximum absolute atomic E-state index is 11.7. The van der Waals surface area contributed by atoms with Crippen molar-refractivity contribution in [2.75, 3.05) is 0 Å². The molecule has 4 rings (SSSR count). The molecular weight excluding hydrogens is 352 g/mol. The summed E-state index contributed by atoms with van der Waals surface area (Å²) in [5.41, 5.74) is -2.15. The number of aliphatic carboxylic acids is 1. The maximum Gasteiger partial charge on any atom is 0.303 e. The Bertz CT molecular complexity index is 972. The molecule has 0 aromatic rings. The Morgan fingerprint density at radius 1 is 1.14 bits per heavy atom. The second kappa shape index (κ2) is 7.27. The average Bonchev–Trinajstić information content (AvgIpc) is 3.07. The number of rotatable bonds is 4. The van der Waals surface area contributed by atoms with Crippen molar-refractivity contribution < 1.29 is 32.5 Å². The van der Waals surface area contributed by atoms with Crippen molar-refractivity contribution in [1.29, 1.82) is 0 Å². The van der Waals surface area contributed by atoms with Crippen LogP contribution in [0.15, 0.2) is 0 Å². The third-order valence-electron chi connectivity index (χ3n) is 8.56. The number of hydrogen-bond acceptors (Lipinski definition) is 3. The van der Waals surface area contributed by atoms with E-state index in [0.717, 1.165) is 0 Å². The van der Waals surface area contributed by atoms with E-state index in [1.54, 1.807) is 0 Å². The summed E-state index contributed by atoms with van der Waals surface area (Å²) in [5.74, 6) is -6.54. The molecule has 160 valence electrons. The van der Waals surface area contributed by atoms with E-state index in [2.05, 4.69) is 0 Å². The van der Waals surface area contributed by atoms with Crippen LogP contribution < -0.4 is 0 Å². The normalized spacial score (nSPS) is 69.7. The van der Waals surface area contributed by atoms with Gasteiger partial charge in [0.1, 0.15) is 0 Å². The maximum atomic E-state index is 11.7. The van der Waals surface area contributed by atoms with Crippen LogP contribution in [0.4, 0.5) is 0 Å². The molecule has 0 heterocycles. The summed E-state index contributed by atoms with van der Waals surface area (Å²) in [6.45, 7) is 5.45. The van der Waals surface area contributed by atoms with Gasteiger partial charge in [-0.05, 0) is 104 Å². The van der Waals surface area contributed by atoms with Crippen LogP contribution in [-0.2, 0) is 4.79 Å². The fraction of sp³-hybridized carbons (Fsp3) is 0.958. The second-order valence-corrected chi connectivity index (χ2v) is 9.98. The molecule has 0 aliphatic heterocycles. The summed E-state index contributed by atoms with van der Waals surface area (Å²) in [4.78, 5) is 11.2. The minimum absolute atomic E-state index is 0.00204. The van der Waals surface area contributed by atoms with Gasteiger partial charge in [-0.15, -0.1) is 0 Å². The first kappa shape index (κ1) is 12.3. The van der Waals surface area contributed by atoms with Gasteiger partial charge in [-0.3, -0.25) is 4.79 Å². The smallest absolute Gasteiger partial charge is 0.303 e. The van der Waals surface area contributed by atoms with Gasteiger partial charge in [-0.1, -0.05) is 20.8 Å². The lowest BCUT2D eigenvalue weighted by Crippen LogP contribution is -2.58. The molecule has 4 fully saturated rings. The molecule has 4 saturated carbocycles. The molecule has 0 amide bonds. The quantitative estimate of drug-likeness (QED) is 0.649. The monoisotopic (exact) mass is 401 g/mol. The van der Waals surface area contributed by atoms with Gasteiger partial charge in [0, 0.05) is 16.0 Å². The van der Waals surface area contributed by atoms with E-state index in [0.29, 0.717) is 25.7 Å². The Morgan fingerprint density at radius 3 is 2.57 bits per heavy atom. The molecule has 4 aliphatic carbocycles. The molecule has 0 aromatic carbocycles. The van der Waals surface area contributed by atoms with E-state index in [1.807, 2.05) is 13.8 Å². The molecule has 4 nitrogen and oxygen atoms in total. The first-order chi connectivity index (χ1) is 16.5. The molecule has 0 bridgehead atoms. The molecule has 0 aromatic heterocycles. The number of carboxylic acid groups (broad SMARTS) is 1. The molecule has 3 N–H and O–H groups in total. The van der Waals surface area contributed by atoms with Crippen LogP contribution >= 0.6 is 0 Å². The molecule has 4 unspecified atom stereocenters. The lowest BCUT2D eigenvalue weighted by atomic mass is 9.43. The summed E-state index contributed by atoms with van der Waals surface area (Å²) in [6.07, 6.45) is -13.8. The Labute approximate surface area is 182 Å². The summed E-state index contributed by atoms with van der Waals surface area (Å²) < 4.78 is 79.0. The minimum atomic E-state index is -3.32. The lowest BCUT2D eigenvalue weighted by Gasteiger charge is -2.62. The number of hydrogen-bond donors (Lipinski definition) is 3. The van der Waals surface area contributed by atoms with Gasteiger partial charge in [0.15, 0.2) is 0 Å². The van der Waals surface area contributed by atoms with E-state index >= 15 is 0 Å². The van der Waals surface area contributed by atoms with Crippen molar-refractivity contribution in [3.05, 3.63) is 0 Å². The van der Waals surface area contributed by atoms with Crippen LogP contribution in [0.3, 0.4) is 0 Å². The van der Waals surface area contributed by atoms with Crippen LogP contribution in [-0.4, -0.2) is 33.4 Å². The second-order valence-electron chi connectivity index (χ2n) is 9.98. The largest absolute Gasteiger partial charge is 0.481 e. The van der Waals surface area contributed by atoms with Crippen molar-refractivity contribution in [2.24, 2.45) is 46.3 Å². The van der Waals surface area contributed by atoms with E-state index in [9.17, 15) is 16.4 Å². The van der Waals surface area contributed by atoms with E-state index in [-0.39, 0.29) is 24.7 Å². The molecule has 4 heteroatoms. The highest BCUT2D eigenvalue weighted by Gasteiger charge is 2.62. The van der Waals surface area contributed by atoms with E-state index in [1.165, 1.54) is 6.92 Å². The minimum Gasteiger partial charge on any atom is -0.481 e. The predicted molar refractivity (Wildman–Crippen MR) is 109 cm³/mol. The number of fused-ring (bicyclic) bond motifs is 5. The van der Waals surface area contributed by atoms with Crippen molar-refractivity contribution >= 4 is 5.97 Å². The standard InChI is InChI=1S/C24H40O4/c1-14(4-7-21(27)28)17-5-6-18-22-19(9-11-24(17,18)3)23(2)10-8-16(25)12-15(23)13-20(22)26/h14-20,22,25-26H,4-13H2,1-3H3,(H,27,28)/t14-,15?,16-,17-,18?,19?,20-,22?,23+,24-/m1/s1/i8D2,12D2,13D2,16D,20D,22D. The molecular formula is C24H40O4. The van der Waals surface area contributed by atoms with Crippen LogP contribution in [0.5, 0.6) is 0 Å². The van der Waals surface area contributed by atoms with E-state index < -0.39 is 78.1 Å². The molecule has 4 aliphatic rings. The molecule has 0 spiro atoms. The van der Waals surface area contributed by atoms with E-state index in [4.69, 9.17) is 16.1 Å². The van der Waals surface area contributed by atoms with Gasteiger partial charge in [0.2, 0.25) is 0 Å². The van der Waals surface area contributed by atoms with Crippen molar-refractivity contribution in [1.82, 2.24) is 0 Å². The fourth-order valence-corrected chi connectivity index (χ4v) is 6.96. The summed E-state index contributed by atoms with van der Waals surface area (Å²) in [5, 5.41) is 31.6. The Morgan fingerprint density at radius 2 is 1.86 bits per heavy atom. The Hall–Kier alpha value is -0.610. The van der Waals surface area contributed by atoms with Gasteiger partial charge in [0.25, 0.3) is 0 Å². The zero-order valence-corrected chi connectivity index (χ0v) is 17.1. The predicted octanol–water partition coefficient (Wildman–Crippen LogP) is 4.48.